The maximum absolute atomic E-state index is 13.3. The molecule has 1 amide bonds. The van der Waals surface area contributed by atoms with Crippen LogP contribution in [0.3, 0.4) is 0 Å². The summed E-state index contributed by atoms with van der Waals surface area (Å²) >= 11 is 0. The monoisotopic (exact) mass is 500 g/mol. The predicted molar refractivity (Wildman–Crippen MR) is 151 cm³/mol. The number of carbonyl (C=O) groups excluding carboxylic acids is 1. The molecule has 0 aliphatic carbocycles. The van der Waals surface area contributed by atoms with Gasteiger partial charge < -0.3 is 9.80 Å². The minimum absolute atomic E-state index is 0. The number of amides is 1. The van der Waals surface area contributed by atoms with Crippen LogP contribution < -0.4 is 0 Å². The highest BCUT2D eigenvalue weighted by Gasteiger charge is 2.47. The first kappa shape index (κ1) is 26.2. The van der Waals surface area contributed by atoms with Crippen molar-refractivity contribution >= 4 is 24.4 Å². The summed E-state index contributed by atoms with van der Waals surface area (Å²) in [5.74, 6) is 0.787. The van der Waals surface area contributed by atoms with Crippen molar-refractivity contribution in [1.82, 2.24) is 9.80 Å². The van der Waals surface area contributed by atoms with Gasteiger partial charge in [-0.2, -0.15) is 0 Å². The van der Waals surface area contributed by atoms with Crippen molar-refractivity contribution in [2.45, 2.75) is 31.6 Å². The molecule has 188 valence electrons. The van der Waals surface area contributed by atoms with Gasteiger partial charge in [0.1, 0.15) is 0 Å². The van der Waals surface area contributed by atoms with Crippen LogP contribution in [0.5, 0.6) is 0 Å². The van der Waals surface area contributed by atoms with Gasteiger partial charge in [0.05, 0.1) is 5.41 Å². The van der Waals surface area contributed by atoms with Gasteiger partial charge in [0.2, 0.25) is 5.91 Å². The molecule has 0 atom stereocenters. The average molecular weight is 501 g/mol. The van der Waals surface area contributed by atoms with E-state index >= 15 is 0 Å². The third kappa shape index (κ3) is 6.08. The minimum Gasteiger partial charge on any atom is -0.338 e. The normalized spacial score (nSPS) is 17.7. The van der Waals surface area contributed by atoms with Crippen LogP contribution in [0.2, 0.25) is 0 Å². The van der Waals surface area contributed by atoms with Crippen molar-refractivity contribution in [3.05, 3.63) is 114 Å². The molecule has 0 radical (unpaired) electrons. The van der Waals surface area contributed by atoms with Crippen LogP contribution in [-0.2, 0) is 4.79 Å². The number of likely N-dealkylation sites (tertiary alicyclic amines) is 2. The number of hydrogen-bond acceptors (Lipinski definition) is 2. The summed E-state index contributed by atoms with van der Waals surface area (Å²) in [5.41, 5.74) is 3.83. The predicted octanol–water partition coefficient (Wildman–Crippen LogP) is 6.66. The molecule has 2 aliphatic rings. The topological polar surface area (TPSA) is 23.6 Å². The number of nitrogens with zero attached hydrogens (tertiary/aromatic N) is 2. The Morgan fingerprint density at radius 1 is 0.750 bits per heavy atom. The minimum atomic E-state index is -0.130. The van der Waals surface area contributed by atoms with Crippen LogP contribution in [0.25, 0.3) is 6.08 Å². The highest BCUT2D eigenvalue weighted by molar-refractivity contribution is 5.85. The van der Waals surface area contributed by atoms with E-state index in [2.05, 4.69) is 94.7 Å². The summed E-state index contributed by atoms with van der Waals surface area (Å²) in [6.07, 6.45) is 8.35. The maximum atomic E-state index is 13.3. The summed E-state index contributed by atoms with van der Waals surface area (Å²) in [6.45, 7) is 4.73. The van der Waals surface area contributed by atoms with Crippen LogP contribution in [-0.4, -0.2) is 48.4 Å². The standard InChI is InChI=1S/C32H36N2O.ClH/c35-31-32(21-26-34(31)22-10-13-27-11-4-1-5-12-27)19-24-33(25-20-32)23-18-30(28-14-6-2-7-15-28)29-16-8-3-9-17-29;/h1-17,30H,18-26H2;1H. The zero-order valence-corrected chi connectivity index (χ0v) is 21.8. The number of piperidine rings is 1. The Morgan fingerprint density at radius 2 is 1.28 bits per heavy atom. The van der Waals surface area contributed by atoms with Crippen molar-refractivity contribution in [1.29, 1.82) is 0 Å². The Balaban J connectivity index is 0.00000304. The molecular weight excluding hydrogens is 464 g/mol. The first-order valence-corrected chi connectivity index (χ1v) is 13.1. The summed E-state index contributed by atoms with van der Waals surface area (Å²) in [4.78, 5) is 18.0. The lowest BCUT2D eigenvalue weighted by molar-refractivity contribution is -0.137. The molecule has 3 nitrogen and oxygen atoms in total. The lowest BCUT2D eigenvalue weighted by Gasteiger charge is -2.38. The molecule has 36 heavy (non-hydrogen) atoms. The number of benzene rings is 3. The van der Waals surface area contributed by atoms with Gasteiger partial charge in [-0.25, -0.2) is 0 Å². The van der Waals surface area contributed by atoms with E-state index in [1.54, 1.807) is 0 Å². The molecule has 2 saturated heterocycles. The fourth-order valence-corrected chi connectivity index (χ4v) is 5.82. The summed E-state index contributed by atoms with van der Waals surface area (Å²) < 4.78 is 0. The number of carbonyl (C=O) groups is 1. The number of halogens is 1. The van der Waals surface area contributed by atoms with Gasteiger partial charge in [-0.3, -0.25) is 4.79 Å². The zero-order chi connectivity index (χ0) is 23.9. The lowest BCUT2D eigenvalue weighted by atomic mass is 9.77. The van der Waals surface area contributed by atoms with E-state index in [9.17, 15) is 4.79 Å². The fourth-order valence-electron chi connectivity index (χ4n) is 5.82. The Labute approximate surface area is 222 Å². The van der Waals surface area contributed by atoms with E-state index in [0.29, 0.717) is 11.8 Å². The third-order valence-electron chi connectivity index (χ3n) is 7.99. The maximum Gasteiger partial charge on any atom is 0.229 e. The van der Waals surface area contributed by atoms with E-state index in [-0.39, 0.29) is 17.8 Å². The van der Waals surface area contributed by atoms with Gasteiger partial charge in [0.25, 0.3) is 0 Å². The Kier molecular flexibility index (Phi) is 9.01. The van der Waals surface area contributed by atoms with E-state index in [1.165, 1.54) is 16.7 Å². The smallest absolute Gasteiger partial charge is 0.229 e. The highest BCUT2D eigenvalue weighted by Crippen LogP contribution is 2.41. The van der Waals surface area contributed by atoms with E-state index in [1.807, 2.05) is 18.2 Å². The van der Waals surface area contributed by atoms with Crippen molar-refractivity contribution in [2.75, 3.05) is 32.7 Å². The third-order valence-corrected chi connectivity index (χ3v) is 7.99. The van der Waals surface area contributed by atoms with Crippen molar-refractivity contribution in [2.24, 2.45) is 5.41 Å². The van der Waals surface area contributed by atoms with Crippen LogP contribution in [0.1, 0.15) is 48.3 Å². The summed E-state index contributed by atoms with van der Waals surface area (Å²) in [5, 5.41) is 0. The molecule has 2 fully saturated rings. The SMILES string of the molecule is Cl.O=C1N(CC=Cc2ccccc2)CCC12CCN(CCC(c1ccccc1)c1ccccc1)CC2. The quantitative estimate of drug-likeness (QED) is 0.345. The summed E-state index contributed by atoms with van der Waals surface area (Å²) in [6, 6.07) is 32.1. The first-order chi connectivity index (χ1) is 17.2. The highest BCUT2D eigenvalue weighted by atomic mass is 35.5. The molecule has 5 rings (SSSR count). The first-order valence-electron chi connectivity index (χ1n) is 13.1. The molecule has 0 saturated carbocycles. The molecule has 2 aliphatic heterocycles. The fraction of sp³-hybridized carbons (Fsp3) is 0.344. The van der Waals surface area contributed by atoms with E-state index in [4.69, 9.17) is 0 Å². The molecule has 0 unspecified atom stereocenters. The van der Waals surface area contributed by atoms with Gasteiger partial charge in [0.15, 0.2) is 0 Å². The summed E-state index contributed by atoms with van der Waals surface area (Å²) in [7, 11) is 0. The average Bonchev–Trinajstić information content (AvgIpc) is 3.22. The van der Waals surface area contributed by atoms with E-state index < -0.39 is 0 Å². The van der Waals surface area contributed by atoms with Gasteiger partial charge in [-0.05, 0) is 62.0 Å². The van der Waals surface area contributed by atoms with Gasteiger partial charge in [-0.15, -0.1) is 12.4 Å². The van der Waals surface area contributed by atoms with Crippen LogP contribution >= 0.6 is 12.4 Å². The zero-order valence-electron chi connectivity index (χ0n) is 21.0. The molecular formula is C32H37ClN2O. The molecule has 1 spiro atoms. The number of rotatable bonds is 8. The van der Waals surface area contributed by atoms with Crippen molar-refractivity contribution in [3.8, 4) is 0 Å². The van der Waals surface area contributed by atoms with Crippen molar-refractivity contribution < 1.29 is 4.79 Å². The molecule has 4 heteroatoms. The molecule has 2 heterocycles. The van der Waals surface area contributed by atoms with Crippen LogP contribution in [0.4, 0.5) is 0 Å². The molecule has 0 N–H and O–H groups in total. The van der Waals surface area contributed by atoms with Crippen LogP contribution in [0.15, 0.2) is 97.1 Å². The molecule has 0 aromatic heterocycles. The Bertz CT molecular complexity index is 1070. The Morgan fingerprint density at radius 3 is 1.86 bits per heavy atom. The lowest BCUT2D eigenvalue weighted by Crippen LogP contribution is -2.45. The van der Waals surface area contributed by atoms with E-state index in [0.717, 1.165) is 58.4 Å². The molecule has 0 bridgehead atoms. The largest absolute Gasteiger partial charge is 0.338 e. The molecule has 3 aromatic rings. The molecule has 3 aromatic carbocycles. The van der Waals surface area contributed by atoms with Gasteiger partial charge in [-0.1, -0.05) is 103 Å². The second-order valence-corrected chi connectivity index (χ2v) is 10.1. The van der Waals surface area contributed by atoms with Gasteiger partial charge >= 0.3 is 0 Å². The second-order valence-electron chi connectivity index (χ2n) is 10.1. The van der Waals surface area contributed by atoms with Crippen LogP contribution in [0, 0.1) is 5.41 Å². The van der Waals surface area contributed by atoms with Crippen molar-refractivity contribution in [3.63, 3.8) is 0 Å². The van der Waals surface area contributed by atoms with Gasteiger partial charge in [0, 0.05) is 19.0 Å². The second kappa shape index (κ2) is 12.4. The number of hydrogen-bond donors (Lipinski definition) is 0. The Hall–Kier alpha value is -2.88.